The fourth-order valence-corrected chi connectivity index (χ4v) is 4.71. The normalized spacial score (nSPS) is 15.6. The fourth-order valence-electron chi connectivity index (χ4n) is 4.49. The number of hydrogen-bond donors (Lipinski definition) is 4. The van der Waals surface area contributed by atoms with Crippen molar-refractivity contribution in [1.82, 2.24) is 15.0 Å². The van der Waals surface area contributed by atoms with Crippen molar-refractivity contribution in [2.45, 2.75) is 12.8 Å². The minimum absolute atomic E-state index is 0.00688. The number of imidazole rings is 1. The number of carbonyl (C=O) groups is 1. The second-order valence-corrected chi connectivity index (χ2v) is 8.22. The molecule has 0 fully saturated rings. The van der Waals surface area contributed by atoms with Gasteiger partial charge < -0.3 is 20.3 Å². The molecule has 5 aromatic rings. The molecule has 1 aliphatic rings. The third kappa shape index (κ3) is 2.47. The molecule has 3 aromatic carbocycles. The summed E-state index contributed by atoms with van der Waals surface area (Å²) in [6.07, 6.45) is 0. The van der Waals surface area contributed by atoms with E-state index in [-0.39, 0.29) is 11.8 Å². The molecule has 30 heavy (non-hydrogen) atoms. The van der Waals surface area contributed by atoms with E-state index in [1.54, 1.807) is 0 Å². The minimum atomic E-state index is -0.384. The lowest BCUT2D eigenvalue weighted by atomic mass is 9.88. The summed E-state index contributed by atoms with van der Waals surface area (Å²) in [5.41, 5.74) is 8.91. The zero-order chi connectivity index (χ0) is 20.4. The van der Waals surface area contributed by atoms with Crippen molar-refractivity contribution in [1.29, 1.82) is 0 Å². The molecule has 0 radical (unpaired) electrons. The van der Waals surface area contributed by atoms with Crippen molar-refractivity contribution in [3.05, 3.63) is 82.1 Å². The van der Waals surface area contributed by atoms with Crippen molar-refractivity contribution in [3.63, 3.8) is 0 Å². The van der Waals surface area contributed by atoms with Crippen LogP contribution in [0.5, 0.6) is 0 Å². The maximum Gasteiger partial charge on any atom is 0.236 e. The Labute approximate surface area is 177 Å². The second kappa shape index (κ2) is 6.18. The zero-order valence-corrected chi connectivity index (χ0v) is 17.0. The third-order valence-electron chi connectivity index (χ3n) is 5.89. The molecule has 0 spiro atoms. The average Bonchev–Trinajstić information content (AvgIpc) is 3.37. The minimum Gasteiger partial charge on any atom is -0.354 e. The van der Waals surface area contributed by atoms with Crippen LogP contribution in [0, 0.1) is 11.7 Å². The van der Waals surface area contributed by atoms with Crippen molar-refractivity contribution >= 4 is 45.7 Å². The van der Waals surface area contributed by atoms with Crippen LogP contribution in [0.15, 0.2) is 60.7 Å². The molecular formula is C24H18N4OS. The van der Waals surface area contributed by atoms with E-state index in [4.69, 9.17) is 12.2 Å². The van der Waals surface area contributed by atoms with E-state index in [1.165, 1.54) is 5.56 Å². The summed E-state index contributed by atoms with van der Waals surface area (Å²) < 4.78 is 0.585. The highest BCUT2D eigenvalue weighted by molar-refractivity contribution is 7.71. The maximum absolute atomic E-state index is 13.1. The summed E-state index contributed by atoms with van der Waals surface area (Å²) in [5.74, 6) is -0.391. The van der Waals surface area contributed by atoms with E-state index in [0.29, 0.717) is 4.77 Å². The van der Waals surface area contributed by atoms with Crippen LogP contribution < -0.4 is 5.32 Å². The molecule has 5 nitrogen and oxygen atoms in total. The number of aromatic nitrogens is 3. The molecule has 1 aliphatic heterocycles. The van der Waals surface area contributed by atoms with Gasteiger partial charge in [-0.3, -0.25) is 4.79 Å². The number of rotatable bonds is 2. The maximum atomic E-state index is 13.1. The molecule has 6 heteroatoms. The Morgan fingerprint density at radius 3 is 2.40 bits per heavy atom. The van der Waals surface area contributed by atoms with Crippen molar-refractivity contribution in [3.8, 4) is 11.3 Å². The number of hydrogen-bond acceptors (Lipinski definition) is 2. The molecule has 0 aliphatic carbocycles. The first-order valence-corrected chi connectivity index (χ1v) is 10.2. The average molecular weight is 411 g/mol. The van der Waals surface area contributed by atoms with E-state index in [9.17, 15) is 4.79 Å². The summed E-state index contributed by atoms with van der Waals surface area (Å²) >= 11 is 5.27. The zero-order valence-electron chi connectivity index (χ0n) is 16.2. The van der Waals surface area contributed by atoms with E-state index < -0.39 is 0 Å². The van der Waals surface area contributed by atoms with Gasteiger partial charge in [0.25, 0.3) is 0 Å². The molecule has 1 atom stereocenters. The molecule has 1 unspecified atom stereocenters. The molecule has 3 heterocycles. The van der Waals surface area contributed by atoms with Crippen molar-refractivity contribution in [2.24, 2.45) is 0 Å². The van der Waals surface area contributed by atoms with Crippen LogP contribution in [0.1, 0.15) is 22.6 Å². The number of carbonyl (C=O) groups excluding carboxylic acids is 1. The summed E-state index contributed by atoms with van der Waals surface area (Å²) in [4.78, 5) is 23.1. The first-order chi connectivity index (χ1) is 14.6. The lowest BCUT2D eigenvalue weighted by Crippen LogP contribution is -2.13. The van der Waals surface area contributed by atoms with Gasteiger partial charge in [0.2, 0.25) is 5.91 Å². The quantitative estimate of drug-likeness (QED) is 0.279. The summed E-state index contributed by atoms with van der Waals surface area (Å²) in [6, 6.07) is 20.4. The molecular weight excluding hydrogens is 392 g/mol. The molecule has 4 N–H and O–H groups in total. The summed E-state index contributed by atoms with van der Waals surface area (Å²) in [6.45, 7) is 2.07. The van der Waals surface area contributed by atoms with Gasteiger partial charge >= 0.3 is 0 Å². The number of benzene rings is 3. The standard InChI is InChI=1S/C24H18N4OS/c1-12-6-8-13(9-7-12)22-20(21-14-4-2-3-5-16(14)26-23(21)29)15-10-18-19(11-17(15)25-22)28-24(30)27-18/h2-11,21,25H,1H3,(H,26,29)(H2,27,28,30). The molecule has 146 valence electrons. The monoisotopic (exact) mass is 410 g/mol. The van der Waals surface area contributed by atoms with Crippen LogP contribution in [0.25, 0.3) is 33.2 Å². The topological polar surface area (TPSA) is 76.5 Å². The van der Waals surface area contributed by atoms with Gasteiger partial charge in [-0.2, -0.15) is 0 Å². The predicted molar refractivity (Wildman–Crippen MR) is 122 cm³/mol. The largest absolute Gasteiger partial charge is 0.354 e. The predicted octanol–water partition coefficient (Wildman–Crippen LogP) is 5.77. The Balaban J connectivity index is 1.70. The highest BCUT2D eigenvalue weighted by Gasteiger charge is 2.35. The summed E-state index contributed by atoms with van der Waals surface area (Å²) in [5, 5.41) is 4.06. The first-order valence-electron chi connectivity index (χ1n) is 9.83. The van der Waals surface area contributed by atoms with Crippen LogP contribution in [0.4, 0.5) is 5.69 Å². The Hall–Kier alpha value is -3.64. The summed E-state index contributed by atoms with van der Waals surface area (Å²) in [7, 11) is 0. The smallest absolute Gasteiger partial charge is 0.236 e. The van der Waals surface area contributed by atoms with Gasteiger partial charge in [0.1, 0.15) is 0 Å². The Kier molecular flexibility index (Phi) is 3.55. The van der Waals surface area contributed by atoms with Crippen LogP contribution >= 0.6 is 12.2 Å². The van der Waals surface area contributed by atoms with Gasteiger partial charge in [0.15, 0.2) is 4.77 Å². The number of aryl methyl sites for hydroxylation is 1. The van der Waals surface area contributed by atoms with E-state index in [0.717, 1.165) is 50.0 Å². The Morgan fingerprint density at radius 1 is 0.867 bits per heavy atom. The van der Waals surface area contributed by atoms with Crippen LogP contribution in [0.3, 0.4) is 0 Å². The number of amides is 1. The SMILES string of the molecule is Cc1ccc(-c2[nH]c3cc4[nH]c(=S)[nH]c4cc3c2C2C(=O)Nc3ccccc32)cc1. The van der Waals surface area contributed by atoms with Crippen LogP contribution in [-0.4, -0.2) is 20.9 Å². The van der Waals surface area contributed by atoms with Crippen molar-refractivity contribution < 1.29 is 4.79 Å². The second-order valence-electron chi connectivity index (χ2n) is 7.81. The van der Waals surface area contributed by atoms with Gasteiger partial charge in [-0.1, -0.05) is 48.0 Å². The number of aromatic amines is 3. The van der Waals surface area contributed by atoms with Crippen LogP contribution in [-0.2, 0) is 4.79 Å². The molecule has 2 aromatic heterocycles. The molecule has 6 rings (SSSR count). The van der Waals surface area contributed by atoms with Gasteiger partial charge in [0.05, 0.1) is 22.6 Å². The van der Waals surface area contributed by atoms with Crippen molar-refractivity contribution in [2.75, 3.05) is 5.32 Å². The van der Waals surface area contributed by atoms with Gasteiger partial charge in [-0.05, 0) is 48.5 Å². The number of nitrogens with one attached hydrogen (secondary N) is 4. The van der Waals surface area contributed by atoms with Gasteiger partial charge in [0, 0.05) is 22.2 Å². The first kappa shape index (κ1) is 17.2. The van der Waals surface area contributed by atoms with E-state index >= 15 is 0 Å². The fraction of sp³-hybridized carbons (Fsp3) is 0.0833. The highest BCUT2D eigenvalue weighted by atomic mass is 32.1. The Bertz CT molecular complexity index is 1520. The van der Waals surface area contributed by atoms with E-state index in [1.807, 2.05) is 24.3 Å². The molecule has 0 saturated heterocycles. The number of fused-ring (bicyclic) bond motifs is 3. The lowest BCUT2D eigenvalue weighted by Gasteiger charge is -2.12. The number of para-hydroxylation sites is 1. The highest BCUT2D eigenvalue weighted by Crippen LogP contribution is 2.44. The molecule has 0 bridgehead atoms. The third-order valence-corrected chi connectivity index (χ3v) is 6.10. The Morgan fingerprint density at radius 2 is 1.60 bits per heavy atom. The van der Waals surface area contributed by atoms with Gasteiger partial charge in [-0.15, -0.1) is 0 Å². The van der Waals surface area contributed by atoms with Crippen LogP contribution in [0.2, 0.25) is 0 Å². The molecule has 1 amide bonds. The lowest BCUT2D eigenvalue weighted by molar-refractivity contribution is -0.116. The molecule has 0 saturated carbocycles. The van der Waals surface area contributed by atoms with Gasteiger partial charge in [-0.25, -0.2) is 0 Å². The van der Waals surface area contributed by atoms with E-state index in [2.05, 4.69) is 63.6 Å². The number of anilines is 1. The number of H-pyrrole nitrogens is 3.